The Kier molecular flexibility index (Phi) is 5.74. The maximum absolute atomic E-state index is 12.5. The van der Waals surface area contributed by atoms with Crippen molar-refractivity contribution in [2.45, 2.75) is 31.2 Å². The minimum atomic E-state index is -3.43. The van der Waals surface area contributed by atoms with Crippen LogP contribution in [0.5, 0.6) is 0 Å². The molecule has 0 heterocycles. The van der Waals surface area contributed by atoms with Gasteiger partial charge in [0.25, 0.3) is 5.91 Å². The largest absolute Gasteiger partial charge is 0.399 e. The van der Waals surface area contributed by atoms with Gasteiger partial charge in [0.2, 0.25) is 0 Å². The highest BCUT2D eigenvalue weighted by Crippen LogP contribution is 2.19. The maximum Gasteiger partial charge on any atom is 0.254 e. The van der Waals surface area contributed by atoms with Crippen LogP contribution in [0.4, 0.5) is 5.69 Å². The lowest BCUT2D eigenvalue weighted by atomic mass is 10.1. The first-order valence-electron chi connectivity index (χ1n) is 6.69. The number of hydrogen-bond acceptors (Lipinski definition) is 5. The zero-order valence-corrected chi connectivity index (χ0v) is 13.4. The van der Waals surface area contributed by atoms with Crippen LogP contribution in [0.25, 0.3) is 0 Å². The minimum absolute atomic E-state index is 0.0119. The van der Waals surface area contributed by atoms with E-state index in [4.69, 9.17) is 10.8 Å². The van der Waals surface area contributed by atoms with Crippen LogP contribution in [0.2, 0.25) is 0 Å². The summed E-state index contributed by atoms with van der Waals surface area (Å²) >= 11 is 0. The van der Waals surface area contributed by atoms with Gasteiger partial charge in [0, 0.05) is 36.7 Å². The Balaban J connectivity index is 3.19. The molecule has 0 aliphatic carbocycles. The zero-order valence-electron chi connectivity index (χ0n) is 12.5. The van der Waals surface area contributed by atoms with E-state index in [-0.39, 0.29) is 34.7 Å². The van der Waals surface area contributed by atoms with Gasteiger partial charge < -0.3 is 15.7 Å². The van der Waals surface area contributed by atoms with Crippen LogP contribution >= 0.6 is 0 Å². The van der Waals surface area contributed by atoms with Gasteiger partial charge in [0.05, 0.1) is 4.90 Å². The van der Waals surface area contributed by atoms with Gasteiger partial charge in [-0.1, -0.05) is 0 Å². The Labute approximate surface area is 125 Å². The summed E-state index contributed by atoms with van der Waals surface area (Å²) < 4.78 is 23.2. The van der Waals surface area contributed by atoms with Crippen molar-refractivity contribution in [2.24, 2.45) is 0 Å². The Morgan fingerprint density at radius 1 is 1.33 bits per heavy atom. The fraction of sp³-hybridized carbons (Fsp3) is 0.500. The first kappa shape index (κ1) is 17.5. The lowest BCUT2D eigenvalue weighted by molar-refractivity contribution is 0.0693. The second-order valence-electron chi connectivity index (χ2n) is 5.23. The van der Waals surface area contributed by atoms with Crippen LogP contribution in [0.3, 0.4) is 0 Å². The smallest absolute Gasteiger partial charge is 0.254 e. The van der Waals surface area contributed by atoms with Gasteiger partial charge in [0.1, 0.15) is 0 Å². The molecule has 0 saturated carbocycles. The molecule has 1 aromatic carbocycles. The van der Waals surface area contributed by atoms with E-state index < -0.39 is 9.84 Å². The number of carbonyl (C=O) groups is 1. The van der Waals surface area contributed by atoms with Crippen molar-refractivity contribution in [2.75, 3.05) is 25.1 Å². The molecule has 7 heteroatoms. The predicted octanol–water partition coefficient (Wildman–Crippen LogP) is 0.905. The number of sulfone groups is 1. The van der Waals surface area contributed by atoms with Gasteiger partial charge in [-0.3, -0.25) is 4.79 Å². The molecule has 0 radical (unpaired) electrons. The number of aliphatic hydroxyl groups excluding tert-OH is 1. The highest BCUT2D eigenvalue weighted by Gasteiger charge is 2.20. The fourth-order valence-corrected chi connectivity index (χ4v) is 2.65. The number of nitrogen functional groups attached to an aromatic ring is 1. The predicted molar refractivity (Wildman–Crippen MR) is 81.8 cm³/mol. The maximum atomic E-state index is 12.5. The third-order valence-electron chi connectivity index (χ3n) is 3.05. The number of amides is 1. The molecule has 1 aromatic rings. The number of anilines is 1. The third kappa shape index (κ3) is 4.71. The van der Waals surface area contributed by atoms with Crippen LogP contribution in [-0.2, 0) is 9.84 Å². The topological polar surface area (TPSA) is 101 Å². The molecule has 1 amide bonds. The number of aliphatic hydroxyl groups is 1. The van der Waals surface area contributed by atoms with Crippen molar-refractivity contribution < 1.29 is 18.3 Å². The molecule has 0 fully saturated rings. The average Bonchev–Trinajstić information content (AvgIpc) is 2.36. The molecule has 3 N–H and O–H groups in total. The van der Waals surface area contributed by atoms with E-state index in [1.807, 2.05) is 13.8 Å². The van der Waals surface area contributed by atoms with Crippen molar-refractivity contribution in [3.8, 4) is 0 Å². The van der Waals surface area contributed by atoms with Crippen molar-refractivity contribution in [1.82, 2.24) is 4.90 Å². The molecule has 118 valence electrons. The standard InChI is InChI=1S/C14H22N2O4S/c1-10(2)16(5-4-6-17)14(18)11-7-12(15)9-13(8-11)21(3,19)20/h7-10,17H,4-6,15H2,1-3H3. The molecule has 1 rings (SSSR count). The Morgan fingerprint density at radius 3 is 2.43 bits per heavy atom. The van der Waals surface area contributed by atoms with E-state index in [9.17, 15) is 13.2 Å². The summed E-state index contributed by atoms with van der Waals surface area (Å²) in [6.45, 7) is 4.11. The van der Waals surface area contributed by atoms with Gasteiger partial charge in [-0.25, -0.2) is 8.42 Å². The molecule has 0 aromatic heterocycles. The Bertz CT molecular complexity index is 611. The SMILES string of the molecule is CC(C)N(CCCO)C(=O)c1cc(N)cc(S(C)(=O)=O)c1. The summed E-state index contributed by atoms with van der Waals surface area (Å²) in [7, 11) is -3.43. The third-order valence-corrected chi connectivity index (χ3v) is 4.14. The normalized spacial score (nSPS) is 11.7. The molecule has 0 aliphatic heterocycles. The molecule has 0 spiro atoms. The monoisotopic (exact) mass is 314 g/mol. The van der Waals surface area contributed by atoms with Gasteiger partial charge in [-0.15, -0.1) is 0 Å². The molecule has 0 unspecified atom stereocenters. The zero-order chi connectivity index (χ0) is 16.2. The van der Waals surface area contributed by atoms with Crippen LogP contribution in [0, 0.1) is 0 Å². The lowest BCUT2D eigenvalue weighted by Crippen LogP contribution is -2.38. The van der Waals surface area contributed by atoms with E-state index in [0.717, 1.165) is 6.26 Å². The summed E-state index contributed by atoms with van der Waals surface area (Å²) in [5.74, 6) is -0.296. The Morgan fingerprint density at radius 2 is 1.95 bits per heavy atom. The van der Waals surface area contributed by atoms with Crippen molar-refractivity contribution in [3.63, 3.8) is 0 Å². The highest BCUT2D eigenvalue weighted by atomic mass is 32.2. The number of benzene rings is 1. The molecule has 0 saturated heterocycles. The summed E-state index contributed by atoms with van der Waals surface area (Å²) in [5.41, 5.74) is 6.16. The average molecular weight is 314 g/mol. The molecule has 0 aliphatic rings. The van der Waals surface area contributed by atoms with E-state index in [2.05, 4.69) is 0 Å². The summed E-state index contributed by atoms with van der Waals surface area (Å²) in [6, 6.07) is 4.07. The number of nitrogens with two attached hydrogens (primary N) is 1. The highest BCUT2D eigenvalue weighted by molar-refractivity contribution is 7.90. The van der Waals surface area contributed by atoms with Gasteiger partial charge in [-0.2, -0.15) is 0 Å². The molecule has 0 bridgehead atoms. The second kappa shape index (κ2) is 6.91. The van der Waals surface area contributed by atoms with Gasteiger partial charge in [-0.05, 0) is 38.5 Å². The van der Waals surface area contributed by atoms with Crippen molar-refractivity contribution in [1.29, 1.82) is 0 Å². The number of carbonyl (C=O) groups excluding carboxylic acids is 1. The lowest BCUT2D eigenvalue weighted by Gasteiger charge is -2.27. The van der Waals surface area contributed by atoms with Crippen LogP contribution in [0.15, 0.2) is 23.1 Å². The van der Waals surface area contributed by atoms with E-state index in [1.165, 1.54) is 18.2 Å². The van der Waals surface area contributed by atoms with Crippen LogP contribution in [0.1, 0.15) is 30.6 Å². The van der Waals surface area contributed by atoms with Gasteiger partial charge in [0.15, 0.2) is 9.84 Å². The molecule has 0 atom stereocenters. The molecule has 6 nitrogen and oxygen atoms in total. The first-order chi connectivity index (χ1) is 9.66. The van der Waals surface area contributed by atoms with Gasteiger partial charge >= 0.3 is 0 Å². The number of nitrogens with zero attached hydrogens (tertiary/aromatic N) is 1. The summed E-state index contributed by atoms with van der Waals surface area (Å²) in [6.07, 6.45) is 1.53. The quantitative estimate of drug-likeness (QED) is 0.760. The fourth-order valence-electron chi connectivity index (χ4n) is 1.96. The number of hydrogen-bond donors (Lipinski definition) is 2. The summed E-state index contributed by atoms with van der Waals surface area (Å²) in [5, 5.41) is 8.91. The van der Waals surface area contributed by atoms with Crippen LogP contribution in [-0.4, -0.2) is 49.8 Å². The van der Waals surface area contributed by atoms with E-state index in [0.29, 0.717) is 13.0 Å². The summed E-state index contributed by atoms with van der Waals surface area (Å²) in [4.78, 5) is 14.1. The van der Waals surface area contributed by atoms with Crippen molar-refractivity contribution >= 4 is 21.4 Å². The molecule has 21 heavy (non-hydrogen) atoms. The second-order valence-corrected chi connectivity index (χ2v) is 7.25. The van der Waals surface area contributed by atoms with Crippen molar-refractivity contribution in [3.05, 3.63) is 23.8 Å². The van der Waals surface area contributed by atoms with E-state index >= 15 is 0 Å². The number of rotatable bonds is 6. The first-order valence-corrected chi connectivity index (χ1v) is 8.58. The molecular formula is C14H22N2O4S. The van der Waals surface area contributed by atoms with Crippen LogP contribution < -0.4 is 5.73 Å². The van der Waals surface area contributed by atoms with E-state index in [1.54, 1.807) is 4.90 Å². The minimum Gasteiger partial charge on any atom is -0.399 e. The Hall–Kier alpha value is -1.60. The molecular weight excluding hydrogens is 292 g/mol.